The lowest BCUT2D eigenvalue weighted by atomic mass is 10.1. The van der Waals surface area contributed by atoms with Gasteiger partial charge in [-0.3, -0.25) is 4.90 Å². The third-order valence-electron chi connectivity index (χ3n) is 4.65. The first-order valence-corrected chi connectivity index (χ1v) is 10.0. The maximum absolute atomic E-state index is 5.17. The molecule has 5 heteroatoms. The first-order valence-electron chi connectivity index (χ1n) is 10.0. The molecule has 0 spiro atoms. The predicted octanol–water partition coefficient (Wildman–Crippen LogP) is 2.13. The van der Waals surface area contributed by atoms with Crippen LogP contribution in [0.2, 0.25) is 0 Å². The van der Waals surface area contributed by atoms with Gasteiger partial charge < -0.3 is 19.9 Å². The summed E-state index contributed by atoms with van der Waals surface area (Å²) in [6.07, 6.45) is 0. The summed E-state index contributed by atoms with van der Waals surface area (Å²) in [6, 6.07) is 8.70. The van der Waals surface area contributed by atoms with E-state index in [1.54, 1.807) is 7.11 Å². The summed E-state index contributed by atoms with van der Waals surface area (Å²) in [7, 11) is 6.09. The number of piperazine rings is 2. The van der Waals surface area contributed by atoms with Crippen molar-refractivity contribution >= 4 is 0 Å². The number of benzene rings is 1. The lowest BCUT2D eigenvalue weighted by molar-refractivity contribution is 0.148. The van der Waals surface area contributed by atoms with E-state index >= 15 is 0 Å². The maximum Gasteiger partial charge on any atom is 0.0713 e. The van der Waals surface area contributed by atoms with Gasteiger partial charge in [-0.15, -0.1) is 0 Å². The Bertz CT molecular complexity index is 455. The Morgan fingerprint density at radius 2 is 1.46 bits per heavy atom. The summed E-state index contributed by atoms with van der Waals surface area (Å²) in [5, 5.41) is 3.27. The molecule has 0 unspecified atom stereocenters. The van der Waals surface area contributed by atoms with Gasteiger partial charge in [0.1, 0.15) is 0 Å². The fourth-order valence-electron chi connectivity index (χ4n) is 3.03. The highest BCUT2D eigenvalue weighted by Gasteiger charge is 2.13. The number of ether oxygens (including phenoxy) is 1. The van der Waals surface area contributed by atoms with E-state index in [0.29, 0.717) is 6.61 Å². The van der Waals surface area contributed by atoms with Gasteiger partial charge in [0.25, 0.3) is 0 Å². The highest BCUT2D eigenvalue weighted by atomic mass is 16.5. The zero-order valence-electron chi connectivity index (χ0n) is 17.6. The van der Waals surface area contributed by atoms with Gasteiger partial charge >= 0.3 is 0 Å². The van der Waals surface area contributed by atoms with E-state index in [-0.39, 0.29) is 0 Å². The van der Waals surface area contributed by atoms with Gasteiger partial charge in [-0.25, -0.2) is 0 Å². The molecule has 2 heterocycles. The minimum atomic E-state index is 0.705. The fourth-order valence-corrected chi connectivity index (χ4v) is 3.03. The first-order chi connectivity index (χ1) is 12.7. The van der Waals surface area contributed by atoms with Crippen molar-refractivity contribution in [2.75, 3.05) is 73.6 Å². The minimum Gasteiger partial charge on any atom is -0.380 e. The van der Waals surface area contributed by atoms with Crippen molar-refractivity contribution in [3.63, 3.8) is 0 Å². The standard InChI is InChI=1S/C14H22N2O.C5H12N2.C2H6/c1-15-6-8-16(9-7-15)11-13-4-3-5-14(10-13)12-17-2;1-7-4-2-6-3-5-7;1-2/h3-5,10H,6-9,11-12H2,1-2H3;6H,2-5H2,1H3;1-2H3. The Kier molecular flexibility index (Phi) is 12.5. The van der Waals surface area contributed by atoms with Crippen LogP contribution in [0.5, 0.6) is 0 Å². The molecular formula is C21H40N4O. The van der Waals surface area contributed by atoms with Gasteiger partial charge in [-0.1, -0.05) is 38.1 Å². The molecule has 2 aliphatic heterocycles. The van der Waals surface area contributed by atoms with Crippen LogP contribution in [0.1, 0.15) is 25.0 Å². The van der Waals surface area contributed by atoms with Gasteiger partial charge in [-0.2, -0.15) is 0 Å². The monoisotopic (exact) mass is 364 g/mol. The van der Waals surface area contributed by atoms with Crippen molar-refractivity contribution < 1.29 is 4.74 Å². The molecule has 2 fully saturated rings. The number of likely N-dealkylation sites (N-methyl/N-ethyl adjacent to an activating group) is 2. The van der Waals surface area contributed by atoms with E-state index in [1.807, 2.05) is 13.8 Å². The van der Waals surface area contributed by atoms with E-state index in [9.17, 15) is 0 Å². The van der Waals surface area contributed by atoms with Crippen LogP contribution < -0.4 is 5.32 Å². The molecular weight excluding hydrogens is 324 g/mol. The average Bonchev–Trinajstić information content (AvgIpc) is 2.67. The highest BCUT2D eigenvalue weighted by molar-refractivity contribution is 5.23. The van der Waals surface area contributed by atoms with E-state index in [1.165, 1.54) is 50.4 Å². The average molecular weight is 365 g/mol. The smallest absolute Gasteiger partial charge is 0.0713 e. The largest absolute Gasteiger partial charge is 0.380 e. The van der Waals surface area contributed by atoms with Crippen LogP contribution >= 0.6 is 0 Å². The van der Waals surface area contributed by atoms with Gasteiger partial charge in [0.2, 0.25) is 0 Å². The van der Waals surface area contributed by atoms with Crippen molar-refractivity contribution in [1.29, 1.82) is 0 Å². The van der Waals surface area contributed by atoms with Crippen LogP contribution in [-0.2, 0) is 17.9 Å². The second-order valence-electron chi connectivity index (χ2n) is 6.89. The number of methoxy groups -OCH3 is 1. The first kappa shape index (κ1) is 23.1. The van der Waals surface area contributed by atoms with Crippen molar-refractivity contribution in [2.24, 2.45) is 0 Å². The summed E-state index contributed by atoms with van der Waals surface area (Å²) in [5.41, 5.74) is 2.66. The summed E-state index contributed by atoms with van der Waals surface area (Å²) in [6.45, 7) is 15.2. The zero-order chi connectivity index (χ0) is 19.2. The fraction of sp³-hybridized carbons (Fsp3) is 0.714. The zero-order valence-corrected chi connectivity index (χ0v) is 17.6. The van der Waals surface area contributed by atoms with Gasteiger partial charge in [0.15, 0.2) is 0 Å². The highest BCUT2D eigenvalue weighted by Crippen LogP contribution is 2.10. The molecule has 0 aliphatic carbocycles. The third-order valence-corrected chi connectivity index (χ3v) is 4.65. The molecule has 150 valence electrons. The summed E-state index contributed by atoms with van der Waals surface area (Å²) < 4.78 is 5.17. The molecule has 0 bridgehead atoms. The Hall–Kier alpha value is -0.980. The number of nitrogens with one attached hydrogen (secondary N) is 1. The van der Waals surface area contributed by atoms with E-state index in [0.717, 1.165) is 19.6 Å². The molecule has 3 rings (SSSR count). The van der Waals surface area contributed by atoms with Gasteiger partial charge in [0.05, 0.1) is 6.61 Å². The number of rotatable bonds is 4. The molecule has 0 amide bonds. The van der Waals surface area contributed by atoms with Crippen LogP contribution in [0.25, 0.3) is 0 Å². The number of nitrogens with zero attached hydrogens (tertiary/aromatic N) is 3. The second kappa shape index (κ2) is 14.1. The summed E-state index contributed by atoms with van der Waals surface area (Å²) in [5.74, 6) is 0. The maximum atomic E-state index is 5.17. The summed E-state index contributed by atoms with van der Waals surface area (Å²) >= 11 is 0. The quantitative estimate of drug-likeness (QED) is 0.884. The number of hydrogen-bond acceptors (Lipinski definition) is 5. The van der Waals surface area contributed by atoms with Gasteiger partial charge in [0, 0.05) is 66.0 Å². The molecule has 5 nitrogen and oxygen atoms in total. The Labute approximate surface area is 161 Å². The van der Waals surface area contributed by atoms with Crippen molar-refractivity contribution in [3.05, 3.63) is 35.4 Å². The van der Waals surface area contributed by atoms with Crippen LogP contribution in [0.15, 0.2) is 24.3 Å². The van der Waals surface area contributed by atoms with Crippen LogP contribution in [0.3, 0.4) is 0 Å². The predicted molar refractivity (Wildman–Crippen MR) is 112 cm³/mol. The Morgan fingerprint density at radius 1 is 0.885 bits per heavy atom. The molecule has 0 aromatic heterocycles. The Balaban J connectivity index is 0.000000313. The Morgan fingerprint density at radius 3 is 2.00 bits per heavy atom. The van der Waals surface area contributed by atoms with Crippen LogP contribution in [-0.4, -0.2) is 88.3 Å². The van der Waals surface area contributed by atoms with E-state index < -0.39 is 0 Å². The van der Waals surface area contributed by atoms with Crippen molar-refractivity contribution in [2.45, 2.75) is 27.0 Å². The van der Waals surface area contributed by atoms with Crippen LogP contribution in [0.4, 0.5) is 0 Å². The van der Waals surface area contributed by atoms with Crippen molar-refractivity contribution in [1.82, 2.24) is 20.0 Å². The molecule has 26 heavy (non-hydrogen) atoms. The molecule has 1 N–H and O–H groups in total. The number of hydrogen-bond donors (Lipinski definition) is 1. The molecule has 1 aromatic rings. The van der Waals surface area contributed by atoms with Gasteiger partial charge in [-0.05, 0) is 25.2 Å². The summed E-state index contributed by atoms with van der Waals surface area (Å²) in [4.78, 5) is 7.24. The second-order valence-corrected chi connectivity index (χ2v) is 6.89. The SMILES string of the molecule is CC.CN1CCNCC1.COCc1cccc(CN2CCN(C)CC2)c1. The molecule has 1 aromatic carbocycles. The van der Waals surface area contributed by atoms with E-state index in [2.05, 4.69) is 58.4 Å². The third kappa shape index (κ3) is 9.64. The normalized spacial score (nSPS) is 19.1. The molecule has 2 saturated heterocycles. The lowest BCUT2D eigenvalue weighted by Crippen LogP contribution is -2.43. The minimum absolute atomic E-state index is 0.705. The topological polar surface area (TPSA) is 31.0 Å². The van der Waals surface area contributed by atoms with Crippen LogP contribution in [0, 0.1) is 0 Å². The molecule has 0 radical (unpaired) electrons. The lowest BCUT2D eigenvalue weighted by Gasteiger charge is -2.32. The molecule has 0 atom stereocenters. The van der Waals surface area contributed by atoms with Crippen molar-refractivity contribution in [3.8, 4) is 0 Å². The van der Waals surface area contributed by atoms with E-state index in [4.69, 9.17) is 4.74 Å². The molecule has 0 saturated carbocycles. The molecule has 2 aliphatic rings.